The molecule has 0 saturated heterocycles. The highest BCUT2D eigenvalue weighted by Crippen LogP contribution is 2.26. The van der Waals surface area contributed by atoms with Gasteiger partial charge in [-0.1, -0.05) is 17.7 Å². The molecule has 0 aliphatic carbocycles. The van der Waals surface area contributed by atoms with Gasteiger partial charge < -0.3 is 4.74 Å². The third-order valence-electron chi connectivity index (χ3n) is 2.21. The second-order valence-electron chi connectivity index (χ2n) is 3.37. The van der Waals surface area contributed by atoms with Crippen LogP contribution in [0.25, 0.3) is 11.3 Å². The number of carbonyl (C=O) groups is 1. The van der Waals surface area contributed by atoms with Gasteiger partial charge >= 0.3 is 5.97 Å². The van der Waals surface area contributed by atoms with Gasteiger partial charge in [-0.3, -0.25) is 0 Å². The van der Waals surface area contributed by atoms with Crippen LogP contribution in [-0.4, -0.2) is 28.0 Å². The zero-order valence-corrected chi connectivity index (χ0v) is 12.3. The molecule has 18 heavy (non-hydrogen) atoms. The molecule has 1 N–H and O–H groups in total. The summed E-state index contributed by atoms with van der Waals surface area (Å²) in [5.74, 6) is -0.504. The van der Waals surface area contributed by atoms with Crippen molar-refractivity contribution in [2.24, 2.45) is 0 Å². The van der Waals surface area contributed by atoms with Crippen LogP contribution in [0.15, 0.2) is 18.2 Å². The Hall–Kier alpha value is -1.15. The number of hydrogen-bond donors (Lipinski definition) is 1. The summed E-state index contributed by atoms with van der Waals surface area (Å²) >= 11 is 8.17. The second-order valence-corrected chi connectivity index (χ2v) is 4.94. The number of aromatic nitrogens is 3. The van der Waals surface area contributed by atoms with Gasteiger partial charge in [0.15, 0.2) is 5.69 Å². The molecule has 94 valence electrons. The van der Waals surface area contributed by atoms with Gasteiger partial charge in [0.1, 0.15) is 5.69 Å². The van der Waals surface area contributed by atoms with Crippen LogP contribution in [0.2, 0.25) is 5.02 Å². The first-order valence-electron chi connectivity index (χ1n) is 5.16. The molecule has 0 bridgehead atoms. The van der Waals surface area contributed by atoms with E-state index in [1.165, 1.54) is 0 Å². The molecule has 5 nitrogen and oxygen atoms in total. The minimum atomic E-state index is -0.504. The number of nitrogens with zero attached hydrogens (tertiary/aromatic N) is 2. The van der Waals surface area contributed by atoms with E-state index in [0.717, 1.165) is 9.13 Å². The Kier molecular flexibility index (Phi) is 4.18. The van der Waals surface area contributed by atoms with Gasteiger partial charge in [0, 0.05) is 9.13 Å². The SMILES string of the molecule is CCOC(=O)c1n[nH]nc1-c1ccc(I)c(Cl)c1. The third kappa shape index (κ3) is 2.64. The normalized spacial score (nSPS) is 10.4. The topological polar surface area (TPSA) is 67.9 Å². The average Bonchev–Trinajstić information content (AvgIpc) is 2.82. The molecule has 2 aromatic rings. The highest BCUT2D eigenvalue weighted by atomic mass is 127. The lowest BCUT2D eigenvalue weighted by atomic mass is 10.1. The summed E-state index contributed by atoms with van der Waals surface area (Å²) in [6, 6.07) is 5.42. The lowest BCUT2D eigenvalue weighted by Gasteiger charge is -2.02. The van der Waals surface area contributed by atoms with Gasteiger partial charge in [0.05, 0.1) is 11.6 Å². The van der Waals surface area contributed by atoms with E-state index in [1.807, 2.05) is 12.1 Å². The van der Waals surface area contributed by atoms with E-state index < -0.39 is 5.97 Å². The number of ether oxygens (including phenoxy) is 1. The van der Waals surface area contributed by atoms with E-state index in [4.69, 9.17) is 16.3 Å². The maximum absolute atomic E-state index is 11.7. The Morgan fingerprint density at radius 3 is 2.94 bits per heavy atom. The Labute approximate surface area is 122 Å². The Morgan fingerprint density at radius 2 is 2.28 bits per heavy atom. The van der Waals surface area contributed by atoms with Crippen LogP contribution in [0.5, 0.6) is 0 Å². The van der Waals surface area contributed by atoms with Crippen LogP contribution in [0.3, 0.4) is 0 Å². The van der Waals surface area contributed by atoms with Crippen molar-refractivity contribution in [3.63, 3.8) is 0 Å². The van der Waals surface area contributed by atoms with E-state index in [0.29, 0.717) is 17.3 Å². The van der Waals surface area contributed by atoms with Crippen LogP contribution in [0, 0.1) is 3.57 Å². The fourth-order valence-corrected chi connectivity index (χ4v) is 1.93. The van der Waals surface area contributed by atoms with E-state index >= 15 is 0 Å². The Bertz CT molecular complexity index is 585. The third-order valence-corrected chi connectivity index (χ3v) is 3.78. The first-order valence-corrected chi connectivity index (χ1v) is 6.62. The monoisotopic (exact) mass is 377 g/mol. The molecule has 0 saturated carbocycles. The lowest BCUT2D eigenvalue weighted by Crippen LogP contribution is -2.06. The number of esters is 1. The number of nitrogens with one attached hydrogen (secondary N) is 1. The lowest BCUT2D eigenvalue weighted by molar-refractivity contribution is 0.0520. The number of benzene rings is 1. The van der Waals surface area contributed by atoms with Crippen LogP contribution >= 0.6 is 34.2 Å². The molecule has 0 aliphatic heterocycles. The van der Waals surface area contributed by atoms with Gasteiger partial charge in [-0.05, 0) is 41.6 Å². The molecule has 0 unspecified atom stereocenters. The number of halogens is 2. The first-order chi connectivity index (χ1) is 8.63. The molecular weight excluding hydrogens is 368 g/mol. The smallest absolute Gasteiger partial charge is 0.361 e. The number of aromatic amines is 1. The molecule has 0 amide bonds. The molecule has 0 atom stereocenters. The van der Waals surface area contributed by atoms with Crippen molar-refractivity contribution in [3.8, 4) is 11.3 Å². The zero-order valence-electron chi connectivity index (χ0n) is 9.41. The summed E-state index contributed by atoms with van der Waals surface area (Å²) in [5.41, 5.74) is 1.32. The van der Waals surface area contributed by atoms with Crippen molar-refractivity contribution in [1.82, 2.24) is 15.4 Å². The molecule has 1 aromatic carbocycles. The summed E-state index contributed by atoms with van der Waals surface area (Å²) in [6.45, 7) is 2.03. The predicted octanol–water partition coefficient (Wildman–Crippen LogP) is 2.91. The van der Waals surface area contributed by atoms with Crippen LogP contribution < -0.4 is 0 Å². The van der Waals surface area contributed by atoms with Crippen molar-refractivity contribution >= 4 is 40.2 Å². The summed E-state index contributed by atoms with van der Waals surface area (Å²) in [4.78, 5) is 11.7. The van der Waals surface area contributed by atoms with Crippen molar-refractivity contribution in [2.75, 3.05) is 6.61 Å². The summed E-state index contributed by atoms with van der Waals surface area (Å²) in [5, 5.41) is 10.8. The minimum absolute atomic E-state index is 0.161. The van der Waals surface area contributed by atoms with Gasteiger partial charge in [0.2, 0.25) is 0 Å². The van der Waals surface area contributed by atoms with Crippen molar-refractivity contribution in [1.29, 1.82) is 0 Å². The molecule has 2 rings (SSSR count). The quantitative estimate of drug-likeness (QED) is 0.660. The molecule has 1 heterocycles. The first kappa shape index (κ1) is 13.3. The standard InChI is InChI=1S/C11H9ClIN3O2/c1-2-18-11(17)10-9(14-16-15-10)6-3-4-8(13)7(12)5-6/h3-5H,2H2,1H3,(H,14,15,16). The molecular formula is C11H9ClIN3O2. The van der Waals surface area contributed by atoms with Gasteiger partial charge in [-0.2, -0.15) is 10.3 Å². The molecule has 0 spiro atoms. The number of H-pyrrole nitrogens is 1. The van der Waals surface area contributed by atoms with Crippen LogP contribution in [-0.2, 0) is 4.74 Å². The fraction of sp³-hybridized carbons (Fsp3) is 0.182. The number of hydrogen-bond acceptors (Lipinski definition) is 4. The van der Waals surface area contributed by atoms with E-state index in [2.05, 4.69) is 38.0 Å². The maximum atomic E-state index is 11.7. The average molecular weight is 378 g/mol. The molecule has 0 fully saturated rings. The highest BCUT2D eigenvalue weighted by Gasteiger charge is 2.19. The minimum Gasteiger partial charge on any atom is -0.461 e. The number of rotatable bonds is 3. The largest absolute Gasteiger partial charge is 0.461 e. The zero-order chi connectivity index (χ0) is 13.1. The number of carbonyl (C=O) groups excluding carboxylic acids is 1. The molecule has 1 aromatic heterocycles. The Balaban J connectivity index is 2.42. The van der Waals surface area contributed by atoms with Gasteiger partial charge in [-0.15, -0.1) is 5.10 Å². The molecule has 0 radical (unpaired) electrons. The van der Waals surface area contributed by atoms with E-state index in [1.54, 1.807) is 13.0 Å². The van der Waals surface area contributed by atoms with E-state index in [-0.39, 0.29) is 5.69 Å². The maximum Gasteiger partial charge on any atom is 0.361 e. The summed E-state index contributed by atoms with van der Waals surface area (Å²) in [6.07, 6.45) is 0. The fourth-order valence-electron chi connectivity index (χ4n) is 1.42. The van der Waals surface area contributed by atoms with Crippen molar-refractivity contribution in [3.05, 3.63) is 32.5 Å². The van der Waals surface area contributed by atoms with Crippen molar-refractivity contribution in [2.45, 2.75) is 6.92 Å². The van der Waals surface area contributed by atoms with Gasteiger partial charge in [0.25, 0.3) is 0 Å². The highest BCUT2D eigenvalue weighted by molar-refractivity contribution is 14.1. The summed E-state index contributed by atoms with van der Waals surface area (Å²) in [7, 11) is 0. The van der Waals surface area contributed by atoms with Crippen LogP contribution in [0.1, 0.15) is 17.4 Å². The molecule has 7 heteroatoms. The van der Waals surface area contributed by atoms with Gasteiger partial charge in [-0.25, -0.2) is 4.79 Å². The molecule has 0 aliphatic rings. The van der Waals surface area contributed by atoms with E-state index in [9.17, 15) is 4.79 Å². The Morgan fingerprint density at radius 1 is 1.50 bits per heavy atom. The summed E-state index contributed by atoms with van der Waals surface area (Å²) < 4.78 is 5.84. The van der Waals surface area contributed by atoms with Crippen LogP contribution in [0.4, 0.5) is 0 Å². The predicted molar refractivity (Wildman–Crippen MR) is 75.5 cm³/mol. The van der Waals surface area contributed by atoms with Crippen molar-refractivity contribution < 1.29 is 9.53 Å². The second kappa shape index (κ2) is 5.66.